The molecule has 4 N–H and O–H groups in total. The molecule has 11 heteroatoms. The molecule has 0 aliphatic rings. The number of hydrogen-bond acceptors (Lipinski definition) is 10. The van der Waals surface area contributed by atoms with Crippen molar-refractivity contribution >= 4 is 13.8 Å². The summed E-state index contributed by atoms with van der Waals surface area (Å²) in [5.41, 5.74) is -2.46. The monoisotopic (exact) mass is 333 g/mol. The first kappa shape index (κ1) is 17.8. The van der Waals surface area contributed by atoms with Gasteiger partial charge in [-0.25, -0.2) is 14.8 Å². The van der Waals surface area contributed by atoms with Crippen LogP contribution in [-0.2, 0) is 4.74 Å². The first-order valence-corrected chi connectivity index (χ1v) is 6.38. The standard InChI is InChI=1S/C13H12BN3O7/c1-23-11(18)9-6-15-5-8(17-9)7-2-3-10(16-4-7)24-12(14,19)13(20,21)22/h2-6,19-22H,1H3. The maximum absolute atomic E-state index is 11.4. The van der Waals surface area contributed by atoms with Crippen molar-refractivity contribution in [2.24, 2.45) is 0 Å². The predicted octanol–water partition coefficient (Wildman–Crippen LogP) is -1.85. The lowest BCUT2D eigenvalue weighted by molar-refractivity contribution is -0.408. The largest absolute Gasteiger partial charge is 0.464 e. The smallest absolute Gasteiger partial charge is 0.358 e. The lowest BCUT2D eigenvalue weighted by Gasteiger charge is -2.32. The number of pyridine rings is 1. The molecule has 10 nitrogen and oxygen atoms in total. The van der Waals surface area contributed by atoms with E-state index >= 15 is 0 Å². The normalized spacial score (nSPS) is 13.9. The topological polar surface area (TPSA) is 155 Å². The summed E-state index contributed by atoms with van der Waals surface area (Å²) >= 11 is 0. The number of carbonyl (C=O) groups excluding carboxylic acids is 1. The molecule has 0 aromatic carbocycles. The average Bonchev–Trinajstić information content (AvgIpc) is 2.53. The van der Waals surface area contributed by atoms with Gasteiger partial charge in [-0.15, -0.1) is 0 Å². The second kappa shape index (κ2) is 6.49. The molecule has 2 heterocycles. The van der Waals surface area contributed by atoms with E-state index in [4.69, 9.17) is 23.2 Å². The molecule has 0 amide bonds. The quantitative estimate of drug-likeness (QED) is 0.278. The molecule has 2 radical (unpaired) electrons. The highest BCUT2D eigenvalue weighted by Gasteiger charge is 2.45. The third-order valence-corrected chi connectivity index (χ3v) is 2.80. The molecule has 0 aliphatic carbocycles. The van der Waals surface area contributed by atoms with Crippen LogP contribution >= 0.6 is 0 Å². The van der Waals surface area contributed by atoms with Crippen molar-refractivity contribution in [2.75, 3.05) is 7.11 Å². The Labute approximate surface area is 136 Å². The van der Waals surface area contributed by atoms with Crippen LogP contribution in [0.4, 0.5) is 0 Å². The van der Waals surface area contributed by atoms with E-state index in [1.165, 1.54) is 37.8 Å². The number of aliphatic hydroxyl groups is 4. The summed E-state index contributed by atoms with van der Waals surface area (Å²) in [6.45, 7) is 0. The summed E-state index contributed by atoms with van der Waals surface area (Å²) in [5.74, 6) is -4.67. The Hall–Kier alpha value is -2.60. The molecule has 1 atom stereocenters. The third kappa shape index (κ3) is 3.83. The highest BCUT2D eigenvalue weighted by molar-refractivity contribution is 6.13. The van der Waals surface area contributed by atoms with E-state index in [0.29, 0.717) is 11.3 Å². The van der Waals surface area contributed by atoms with Crippen molar-refractivity contribution in [3.05, 3.63) is 36.4 Å². The van der Waals surface area contributed by atoms with Crippen LogP contribution in [0.3, 0.4) is 0 Å². The molecule has 0 spiro atoms. The highest BCUT2D eigenvalue weighted by atomic mass is 16.8. The fourth-order valence-corrected chi connectivity index (χ4v) is 1.53. The number of carbonyl (C=O) groups is 1. The summed E-state index contributed by atoms with van der Waals surface area (Å²) in [5, 5.41) is 36.0. The summed E-state index contributed by atoms with van der Waals surface area (Å²) in [7, 11) is 6.22. The summed E-state index contributed by atoms with van der Waals surface area (Å²) < 4.78 is 9.14. The molecule has 0 bridgehead atoms. The van der Waals surface area contributed by atoms with Gasteiger partial charge in [-0.3, -0.25) is 4.98 Å². The molecule has 0 aliphatic heterocycles. The second-order valence-corrected chi connectivity index (χ2v) is 4.60. The van der Waals surface area contributed by atoms with Crippen molar-refractivity contribution in [1.29, 1.82) is 0 Å². The van der Waals surface area contributed by atoms with Gasteiger partial charge in [0, 0.05) is 17.8 Å². The summed E-state index contributed by atoms with van der Waals surface area (Å²) in [6.07, 6.45) is 3.85. The van der Waals surface area contributed by atoms with E-state index < -0.39 is 17.6 Å². The van der Waals surface area contributed by atoms with E-state index in [2.05, 4.69) is 24.4 Å². The Morgan fingerprint density at radius 2 is 1.88 bits per heavy atom. The fourth-order valence-electron chi connectivity index (χ4n) is 1.53. The Bertz CT molecular complexity index is 731. The van der Waals surface area contributed by atoms with Crippen molar-refractivity contribution in [1.82, 2.24) is 15.0 Å². The van der Waals surface area contributed by atoms with Gasteiger partial charge in [0.2, 0.25) is 11.6 Å². The molecule has 0 saturated carbocycles. The molecule has 2 rings (SSSR count). The Morgan fingerprint density at radius 1 is 1.17 bits per heavy atom. The molecular formula is C13H12BN3O7. The van der Waals surface area contributed by atoms with Gasteiger partial charge in [0.15, 0.2) is 13.5 Å². The van der Waals surface area contributed by atoms with Gasteiger partial charge in [-0.2, -0.15) is 0 Å². The minimum atomic E-state index is -3.70. The first-order valence-electron chi connectivity index (χ1n) is 6.38. The van der Waals surface area contributed by atoms with E-state index in [-0.39, 0.29) is 11.6 Å². The van der Waals surface area contributed by atoms with E-state index in [1.54, 1.807) is 0 Å². The summed E-state index contributed by atoms with van der Waals surface area (Å²) in [6, 6.07) is 2.64. The predicted molar refractivity (Wildman–Crippen MR) is 77.3 cm³/mol. The lowest BCUT2D eigenvalue weighted by Crippen LogP contribution is -2.59. The lowest BCUT2D eigenvalue weighted by atomic mass is 9.92. The Kier molecular flexibility index (Phi) is 4.80. The van der Waals surface area contributed by atoms with E-state index in [0.717, 1.165) is 0 Å². The van der Waals surface area contributed by atoms with Gasteiger partial charge < -0.3 is 29.9 Å². The zero-order valence-electron chi connectivity index (χ0n) is 12.3. The van der Waals surface area contributed by atoms with Gasteiger partial charge in [-0.05, 0) is 6.07 Å². The third-order valence-electron chi connectivity index (χ3n) is 2.80. The molecule has 124 valence electrons. The molecule has 0 fully saturated rings. The van der Waals surface area contributed by atoms with Crippen molar-refractivity contribution in [3.8, 4) is 17.1 Å². The molecule has 2 aromatic heterocycles. The fraction of sp³-hybridized carbons (Fsp3) is 0.231. The SMILES string of the molecule is [B]C(O)(Oc1ccc(-c2cncc(C(=O)OC)n2)cn1)C(O)(O)O. The van der Waals surface area contributed by atoms with E-state index in [9.17, 15) is 9.90 Å². The van der Waals surface area contributed by atoms with Gasteiger partial charge >= 0.3 is 11.9 Å². The van der Waals surface area contributed by atoms with Crippen LogP contribution in [0.15, 0.2) is 30.7 Å². The van der Waals surface area contributed by atoms with Gasteiger partial charge in [0.25, 0.3) is 0 Å². The Morgan fingerprint density at radius 3 is 2.42 bits per heavy atom. The van der Waals surface area contributed by atoms with Gasteiger partial charge in [0.05, 0.1) is 25.2 Å². The van der Waals surface area contributed by atoms with Gasteiger partial charge in [-0.1, -0.05) is 0 Å². The average molecular weight is 333 g/mol. The first-order chi connectivity index (χ1) is 11.1. The maximum atomic E-state index is 11.4. The number of nitrogens with zero attached hydrogens (tertiary/aromatic N) is 3. The number of aromatic nitrogens is 3. The number of hydrogen-bond donors (Lipinski definition) is 4. The Balaban J connectivity index is 2.23. The van der Waals surface area contributed by atoms with E-state index in [1.807, 2.05) is 0 Å². The molecule has 0 saturated heterocycles. The van der Waals surface area contributed by atoms with Gasteiger partial charge in [0.1, 0.15) is 0 Å². The molecule has 24 heavy (non-hydrogen) atoms. The van der Waals surface area contributed by atoms with Crippen molar-refractivity contribution < 1.29 is 34.7 Å². The second-order valence-electron chi connectivity index (χ2n) is 4.60. The summed E-state index contributed by atoms with van der Waals surface area (Å²) in [4.78, 5) is 23.1. The van der Waals surface area contributed by atoms with Crippen molar-refractivity contribution in [3.63, 3.8) is 0 Å². The van der Waals surface area contributed by atoms with Crippen LogP contribution in [0, 0.1) is 0 Å². The van der Waals surface area contributed by atoms with Crippen LogP contribution < -0.4 is 4.74 Å². The minimum Gasteiger partial charge on any atom is -0.464 e. The zero-order valence-corrected chi connectivity index (χ0v) is 12.3. The zero-order chi connectivity index (χ0) is 18.0. The highest BCUT2D eigenvalue weighted by Crippen LogP contribution is 2.22. The van der Waals surface area contributed by atoms with Crippen LogP contribution in [0.1, 0.15) is 10.5 Å². The molecular weight excluding hydrogens is 321 g/mol. The molecule has 1 unspecified atom stereocenters. The van der Waals surface area contributed by atoms with Crippen molar-refractivity contribution in [2.45, 2.75) is 11.7 Å². The number of rotatable bonds is 5. The number of methoxy groups -OCH3 is 1. The number of ether oxygens (including phenoxy) is 2. The van der Waals surface area contributed by atoms with Crippen LogP contribution in [0.5, 0.6) is 5.88 Å². The minimum absolute atomic E-state index is 0.00251. The van der Waals surface area contributed by atoms with Crippen LogP contribution in [0.2, 0.25) is 0 Å². The number of esters is 1. The van der Waals surface area contributed by atoms with Crippen LogP contribution in [-0.4, -0.2) is 68.0 Å². The molecule has 2 aromatic rings. The van der Waals surface area contributed by atoms with Crippen LogP contribution in [0.25, 0.3) is 11.3 Å². The maximum Gasteiger partial charge on any atom is 0.358 e.